The van der Waals surface area contributed by atoms with Crippen LogP contribution in [0.25, 0.3) is 22.2 Å². The fraction of sp³-hybridized carbons (Fsp3) is 0.389. The van der Waals surface area contributed by atoms with Crippen molar-refractivity contribution in [2.75, 3.05) is 11.1 Å². The van der Waals surface area contributed by atoms with E-state index in [1.54, 1.807) is 12.5 Å². The molecule has 8 heteroatoms. The molecule has 0 aliphatic rings. The van der Waals surface area contributed by atoms with Gasteiger partial charge < -0.3 is 4.98 Å². The van der Waals surface area contributed by atoms with Gasteiger partial charge in [-0.3, -0.25) is 14.3 Å². The standard InChI is InChI=1S/C18H23N5O2S/c1-10(2)12-9-15-14(17(24)23(21-26-5)18(25)20-15)8-13(12)16-6-7-19-22(16)11(3)4/h6-11,21H,1-5H3,(H,20,25). The number of hydrogen-bond acceptors (Lipinski definition) is 5. The second-order valence-electron chi connectivity index (χ2n) is 6.76. The van der Waals surface area contributed by atoms with Crippen molar-refractivity contribution in [2.45, 2.75) is 39.7 Å². The summed E-state index contributed by atoms with van der Waals surface area (Å²) in [7, 11) is 0. The van der Waals surface area contributed by atoms with Crippen molar-refractivity contribution in [2.24, 2.45) is 0 Å². The number of aromatic amines is 1. The van der Waals surface area contributed by atoms with Crippen LogP contribution in [0.2, 0.25) is 0 Å². The molecule has 2 heterocycles. The molecule has 0 radical (unpaired) electrons. The van der Waals surface area contributed by atoms with E-state index in [4.69, 9.17) is 0 Å². The topological polar surface area (TPSA) is 84.7 Å². The summed E-state index contributed by atoms with van der Waals surface area (Å²) in [5.74, 6) is 0.222. The van der Waals surface area contributed by atoms with Gasteiger partial charge in [-0.05, 0) is 55.5 Å². The van der Waals surface area contributed by atoms with E-state index in [-0.39, 0.29) is 17.5 Å². The highest BCUT2D eigenvalue weighted by molar-refractivity contribution is 7.99. The predicted molar refractivity (Wildman–Crippen MR) is 107 cm³/mol. The Balaban J connectivity index is 2.38. The smallest absolute Gasteiger partial charge is 0.305 e. The van der Waals surface area contributed by atoms with Crippen molar-refractivity contribution < 1.29 is 0 Å². The molecule has 0 bridgehead atoms. The first-order valence-corrected chi connectivity index (χ1v) is 9.73. The lowest BCUT2D eigenvalue weighted by atomic mass is 9.93. The highest BCUT2D eigenvalue weighted by Crippen LogP contribution is 2.32. The minimum absolute atomic E-state index is 0.195. The summed E-state index contributed by atoms with van der Waals surface area (Å²) in [6.07, 6.45) is 3.52. The van der Waals surface area contributed by atoms with Crippen molar-refractivity contribution in [1.29, 1.82) is 0 Å². The molecule has 0 saturated carbocycles. The van der Waals surface area contributed by atoms with Gasteiger partial charge in [0.05, 0.1) is 16.6 Å². The molecule has 2 aromatic heterocycles. The molecule has 7 nitrogen and oxygen atoms in total. The van der Waals surface area contributed by atoms with Crippen molar-refractivity contribution in [3.63, 3.8) is 0 Å². The SMILES string of the molecule is CSNn1c(=O)[nH]c2cc(C(C)C)c(-c3ccnn3C(C)C)cc2c1=O. The quantitative estimate of drug-likeness (QED) is 0.672. The van der Waals surface area contributed by atoms with Gasteiger partial charge in [-0.1, -0.05) is 13.8 Å². The second-order valence-corrected chi connectivity index (χ2v) is 7.35. The number of nitrogens with one attached hydrogen (secondary N) is 2. The van der Waals surface area contributed by atoms with E-state index in [0.717, 1.165) is 21.5 Å². The first-order valence-electron chi connectivity index (χ1n) is 8.51. The predicted octanol–water partition coefficient (Wildman–Crippen LogP) is 3.08. The van der Waals surface area contributed by atoms with E-state index in [1.165, 1.54) is 11.9 Å². The molecule has 0 atom stereocenters. The van der Waals surface area contributed by atoms with Gasteiger partial charge in [-0.25, -0.2) is 4.79 Å². The number of aromatic nitrogens is 4. The Bertz CT molecular complexity index is 1060. The van der Waals surface area contributed by atoms with Gasteiger partial charge in [0.2, 0.25) is 0 Å². The summed E-state index contributed by atoms with van der Waals surface area (Å²) < 4.78 is 2.93. The highest BCUT2D eigenvalue weighted by Gasteiger charge is 2.18. The van der Waals surface area contributed by atoms with Crippen LogP contribution in [-0.4, -0.2) is 25.7 Å². The lowest BCUT2D eigenvalue weighted by molar-refractivity contribution is 0.538. The molecule has 0 aliphatic carbocycles. The number of fused-ring (bicyclic) bond motifs is 1. The van der Waals surface area contributed by atoms with E-state index in [2.05, 4.69) is 42.6 Å². The average molecular weight is 373 g/mol. The van der Waals surface area contributed by atoms with E-state index in [0.29, 0.717) is 10.9 Å². The zero-order chi connectivity index (χ0) is 19.0. The van der Waals surface area contributed by atoms with Crippen LogP contribution in [0.4, 0.5) is 0 Å². The molecule has 3 rings (SSSR count). The number of benzene rings is 1. The Morgan fingerprint density at radius 2 is 1.92 bits per heavy atom. The van der Waals surface area contributed by atoms with Gasteiger partial charge >= 0.3 is 5.69 Å². The third-order valence-electron chi connectivity index (χ3n) is 4.31. The van der Waals surface area contributed by atoms with Crippen LogP contribution in [-0.2, 0) is 0 Å². The summed E-state index contributed by atoms with van der Waals surface area (Å²) >= 11 is 1.19. The van der Waals surface area contributed by atoms with Crippen LogP contribution < -0.4 is 16.1 Å². The first kappa shape index (κ1) is 18.3. The Labute approximate surface area is 155 Å². The summed E-state index contributed by atoms with van der Waals surface area (Å²) in [5.41, 5.74) is 2.67. The van der Waals surface area contributed by atoms with Crippen LogP contribution in [0.15, 0.2) is 34.0 Å². The largest absolute Gasteiger partial charge is 0.348 e. The summed E-state index contributed by atoms with van der Waals surface area (Å²) in [5, 5.41) is 4.88. The summed E-state index contributed by atoms with van der Waals surface area (Å²) in [4.78, 5) is 30.5. The molecule has 0 unspecified atom stereocenters. The van der Waals surface area contributed by atoms with Gasteiger partial charge in [0.1, 0.15) is 0 Å². The zero-order valence-electron chi connectivity index (χ0n) is 15.5. The van der Waals surface area contributed by atoms with Crippen molar-refractivity contribution in [3.05, 3.63) is 50.8 Å². The van der Waals surface area contributed by atoms with Crippen LogP contribution in [0.3, 0.4) is 0 Å². The van der Waals surface area contributed by atoms with Crippen molar-refractivity contribution in [1.82, 2.24) is 19.4 Å². The van der Waals surface area contributed by atoms with E-state index in [1.807, 2.05) is 22.9 Å². The third kappa shape index (κ3) is 3.05. The van der Waals surface area contributed by atoms with Gasteiger partial charge in [0, 0.05) is 24.1 Å². The first-order chi connectivity index (χ1) is 12.3. The number of H-pyrrole nitrogens is 1. The van der Waals surface area contributed by atoms with Crippen LogP contribution in [0.1, 0.15) is 45.2 Å². The Hall–Kier alpha value is -2.48. The van der Waals surface area contributed by atoms with Crippen molar-refractivity contribution >= 4 is 22.9 Å². The molecule has 0 fully saturated rings. The Morgan fingerprint density at radius 1 is 1.19 bits per heavy atom. The minimum Gasteiger partial charge on any atom is -0.305 e. The zero-order valence-corrected chi connectivity index (χ0v) is 16.3. The van der Waals surface area contributed by atoms with E-state index < -0.39 is 5.69 Å². The maximum absolute atomic E-state index is 12.8. The average Bonchev–Trinajstić information content (AvgIpc) is 3.07. The van der Waals surface area contributed by atoms with Gasteiger partial charge in [-0.2, -0.15) is 9.77 Å². The molecule has 2 N–H and O–H groups in total. The molecule has 0 spiro atoms. The highest BCUT2D eigenvalue weighted by atomic mass is 32.2. The van der Waals surface area contributed by atoms with Crippen LogP contribution in [0, 0.1) is 0 Å². The number of hydrogen-bond donors (Lipinski definition) is 2. The maximum Gasteiger partial charge on any atom is 0.348 e. The second kappa shape index (κ2) is 7.03. The fourth-order valence-electron chi connectivity index (χ4n) is 3.09. The third-order valence-corrected chi connectivity index (χ3v) is 4.67. The summed E-state index contributed by atoms with van der Waals surface area (Å²) in [6.45, 7) is 8.32. The summed E-state index contributed by atoms with van der Waals surface area (Å²) in [6, 6.07) is 5.91. The van der Waals surface area contributed by atoms with Crippen LogP contribution >= 0.6 is 11.9 Å². The Kier molecular flexibility index (Phi) is 4.95. The van der Waals surface area contributed by atoms with Gasteiger partial charge in [0.25, 0.3) is 5.56 Å². The molecule has 26 heavy (non-hydrogen) atoms. The minimum atomic E-state index is -0.480. The van der Waals surface area contributed by atoms with E-state index >= 15 is 0 Å². The van der Waals surface area contributed by atoms with Crippen LogP contribution in [0.5, 0.6) is 0 Å². The molecule has 0 aliphatic heterocycles. The van der Waals surface area contributed by atoms with E-state index in [9.17, 15) is 9.59 Å². The molecule has 0 saturated heterocycles. The molecule has 0 amide bonds. The lowest BCUT2D eigenvalue weighted by Crippen LogP contribution is -2.38. The monoisotopic (exact) mass is 373 g/mol. The lowest BCUT2D eigenvalue weighted by Gasteiger charge is -2.18. The normalized spacial score (nSPS) is 11.7. The van der Waals surface area contributed by atoms with Gasteiger partial charge in [0.15, 0.2) is 0 Å². The Morgan fingerprint density at radius 3 is 2.54 bits per heavy atom. The number of rotatable bonds is 5. The fourth-order valence-corrected chi connectivity index (χ4v) is 3.44. The van der Waals surface area contributed by atoms with Gasteiger partial charge in [-0.15, -0.1) is 0 Å². The molecule has 3 aromatic rings. The van der Waals surface area contributed by atoms with Crippen molar-refractivity contribution in [3.8, 4) is 11.3 Å². The molecular weight excluding hydrogens is 350 g/mol. The number of nitrogens with zero attached hydrogens (tertiary/aromatic N) is 3. The maximum atomic E-state index is 12.8. The molecule has 138 valence electrons. The molecule has 1 aromatic carbocycles. The molecular formula is C18H23N5O2S.